The Balaban J connectivity index is 2.66. The van der Waals surface area contributed by atoms with Gasteiger partial charge in [0.1, 0.15) is 7.05 Å². The van der Waals surface area contributed by atoms with Crippen molar-refractivity contribution < 1.29 is 9.36 Å². The van der Waals surface area contributed by atoms with Gasteiger partial charge in [-0.15, -0.1) is 0 Å². The van der Waals surface area contributed by atoms with Crippen LogP contribution in [-0.4, -0.2) is 6.29 Å². The van der Waals surface area contributed by atoms with Gasteiger partial charge < -0.3 is 0 Å². The molecule has 88 valence electrons. The van der Waals surface area contributed by atoms with Crippen molar-refractivity contribution in [1.29, 1.82) is 0 Å². The summed E-state index contributed by atoms with van der Waals surface area (Å²) in [7, 11) is 2.04. The zero-order chi connectivity index (χ0) is 12.7. The normalized spacial score (nSPS) is 11.0. The minimum Gasteiger partial charge on any atom is -0.298 e. The molecule has 0 bridgehead atoms. The van der Waals surface area contributed by atoms with Gasteiger partial charge in [0.15, 0.2) is 6.29 Å². The number of aromatic nitrogens is 1. The molecule has 1 aromatic heterocycles. The Morgan fingerprint density at radius 2 is 1.72 bits per heavy atom. The van der Waals surface area contributed by atoms with Crippen LogP contribution in [0.4, 0.5) is 0 Å². The molecule has 0 aliphatic rings. The topological polar surface area (TPSA) is 20.9 Å². The number of aldehydes is 1. The summed E-state index contributed by atoms with van der Waals surface area (Å²) in [6.07, 6.45) is 0.962. The van der Waals surface area contributed by atoms with Crippen molar-refractivity contribution >= 4 is 28.1 Å². The summed E-state index contributed by atoms with van der Waals surface area (Å²) in [6, 6.07) is 14.2. The Bertz CT molecular complexity index is 775. The summed E-state index contributed by atoms with van der Waals surface area (Å²) in [5.41, 5.74) is 4.11. The lowest BCUT2D eigenvalue weighted by molar-refractivity contribution is -0.617. The molecule has 1 heterocycles. The Kier molecular flexibility index (Phi) is 2.37. The number of benzene rings is 2. The lowest BCUT2D eigenvalue weighted by atomic mass is 10.0. The maximum atomic E-state index is 11.4. The first-order chi connectivity index (χ1) is 8.72. The summed E-state index contributed by atoms with van der Waals surface area (Å²) in [6.45, 7) is 2.04. The predicted molar refractivity (Wildman–Crippen MR) is 72.8 cm³/mol. The fourth-order valence-electron chi connectivity index (χ4n) is 2.55. The highest BCUT2D eigenvalue weighted by atomic mass is 16.1. The molecule has 0 aliphatic heterocycles. The maximum Gasteiger partial charge on any atom is 0.213 e. The summed E-state index contributed by atoms with van der Waals surface area (Å²) >= 11 is 0. The molecular formula is C16H14NO+. The van der Waals surface area contributed by atoms with E-state index in [1.165, 1.54) is 5.56 Å². The van der Waals surface area contributed by atoms with Crippen LogP contribution in [0.2, 0.25) is 0 Å². The van der Waals surface area contributed by atoms with Gasteiger partial charge in [0.2, 0.25) is 11.0 Å². The highest BCUT2D eigenvalue weighted by molar-refractivity contribution is 6.07. The number of pyridine rings is 1. The highest BCUT2D eigenvalue weighted by Crippen LogP contribution is 2.23. The Hall–Kier alpha value is -2.22. The van der Waals surface area contributed by atoms with E-state index in [0.717, 1.165) is 33.7 Å². The van der Waals surface area contributed by atoms with Crippen molar-refractivity contribution in [2.45, 2.75) is 6.92 Å². The van der Waals surface area contributed by atoms with E-state index in [1.807, 2.05) is 38.2 Å². The third-order valence-corrected chi connectivity index (χ3v) is 3.48. The van der Waals surface area contributed by atoms with E-state index in [9.17, 15) is 4.79 Å². The maximum absolute atomic E-state index is 11.4. The molecule has 3 aromatic rings. The van der Waals surface area contributed by atoms with E-state index >= 15 is 0 Å². The van der Waals surface area contributed by atoms with Crippen LogP contribution < -0.4 is 4.57 Å². The third-order valence-electron chi connectivity index (χ3n) is 3.48. The molecule has 18 heavy (non-hydrogen) atoms. The van der Waals surface area contributed by atoms with Crippen molar-refractivity contribution in [3.05, 3.63) is 53.6 Å². The number of aryl methyl sites for hydroxylation is 2. The zero-order valence-electron chi connectivity index (χ0n) is 10.5. The van der Waals surface area contributed by atoms with E-state index in [1.54, 1.807) is 0 Å². The molecule has 2 aromatic carbocycles. The number of hydrogen-bond donors (Lipinski definition) is 0. The van der Waals surface area contributed by atoms with Gasteiger partial charge in [0.05, 0.1) is 10.8 Å². The zero-order valence-corrected chi connectivity index (χ0v) is 10.5. The van der Waals surface area contributed by atoms with Crippen molar-refractivity contribution in [2.24, 2.45) is 7.05 Å². The summed E-state index contributed by atoms with van der Waals surface area (Å²) in [5.74, 6) is 0. The van der Waals surface area contributed by atoms with Gasteiger partial charge in [0.25, 0.3) is 0 Å². The first-order valence-corrected chi connectivity index (χ1v) is 5.98. The van der Waals surface area contributed by atoms with Crippen LogP contribution in [0.15, 0.2) is 42.5 Å². The fraction of sp³-hybridized carbons (Fsp3) is 0.125. The molecule has 0 aliphatic carbocycles. The van der Waals surface area contributed by atoms with Gasteiger partial charge in [0, 0.05) is 17.7 Å². The minimum absolute atomic E-state index is 0.780. The molecular weight excluding hydrogens is 222 g/mol. The van der Waals surface area contributed by atoms with Crippen LogP contribution in [0.25, 0.3) is 21.8 Å². The Morgan fingerprint density at radius 1 is 1.00 bits per heavy atom. The van der Waals surface area contributed by atoms with E-state index in [-0.39, 0.29) is 0 Å². The first kappa shape index (κ1) is 10.9. The summed E-state index contributed by atoms with van der Waals surface area (Å²) < 4.78 is 2.14. The first-order valence-electron chi connectivity index (χ1n) is 5.98. The van der Waals surface area contributed by atoms with Crippen molar-refractivity contribution in [1.82, 2.24) is 0 Å². The number of para-hydroxylation sites is 1. The van der Waals surface area contributed by atoms with Crippen molar-refractivity contribution in [3.63, 3.8) is 0 Å². The molecule has 0 fully saturated rings. The summed E-state index contributed by atoms with van der Waals surface area (Å²) in [5, 5.41) is 2.03. The van der Waals surface area contributed by atoms with Gasteiger partial charge in [-0.3, -0.25) is 4.79 Å². The second-order valence-electron chi connectivity index (χ2n) is 4.63. The average Bonchev–Trinajstić information content (AvgIpc) is 2.39. The van der Waals surface area contributed by atoms with Gasteiger partial charge in [-0.2, -0.15) is 4.57 Å². The van der Waals surface area contributed by atoms with Crippen LogP contribution in [-0.2, 0) is 7.05 Å². The van der Waals surface area contributed by atoms with E-state index in [2.05, 4.69) is 22.8 Å². The number of hydrogen-bond acceptors (Lipinski definition) is 1. The summed E-state index contributed by atoms with van der Waals surface area (Å²) in [4.78, 5) is 11.4. The molecule has 0 atom stereocenters. The Morgan fingerprint density at radius 3 is 2.50 bits per heavy atom. The Labute approximate surface area is 105 Å². The number of rotatable bonds is 1. The number of carbonyl (C=O) groups excluding carboxylic acids is 1. The molecule has 0 unspecified atom stereocenters. The SMILES string of the molecule is Cc1ccc2c(c1)c(C=O)c1ccccc1[n+]2C. The molecule has 0 radical (unpaired) electrons. The number of carbonyl (C=O) groups is 1. The highest BCUT2D eigenvalue weighted by Gasteiger charge is 2.16. The predicted octanol–water partition coefficient (Wildman–Crippen LogP) is 2.94. The second-order valence-corrected chi connectivity index (χ2v) is 4.63. The van der Waals surface area contributed by atoms with Crippen LogP contribution in [0.1, 0.15) is 15.9 Å². The molecule has 2 nitrogen and oxygen atoms in total. The van der Waals surface area contributed by atoms with Gasteiger partial charge in [-0.05, 0) is 19.1 Å². The number of fused-ring (bicyclic) bond motifs is 2. The van der Waals surface area contributed by atoms with E-state index in [0.29, 0.717) is 0 Å². The largest absolute Gasteiger partial charge is 0.298 e. The van der Waals surface area contributed by atoms with E-state index in [4.69, 9.17) is 0 Å². The molecule has 3 rings (SSSR count). The third kappa shape index (κ3) is 1.42. The van der Waals surface area contributed by atoms with E-state index < -0.39 is 0 Å². The smallest absolute Gasteiger partial charge is 0.213 e. The molecule has 0 saturated carbocycles. The molecule has 0 spiro atoms. The lowest BCUT2D eigenvalue weighted by Crippen LogP contribution is -2.30. The van der Waals surface area contributed by atoms with Crippen LogP contribution in [0, 0.1) is 6.92 Å². The van der Waals surface area contributed by atoms with Crippen LogP contribution >= 0.6 is 0 Å². The molecule has 2 heteroatoms. The second kappa shape index (κ2) is 3.91. The van der Waals surface area contributed by atoms with Gasteiger partial charge in [-0.25, -0.2) is 0 Å². The van der Waals surface area contributed by atoms with Crippen molar-refractivity contribution in [3.8, 4) is 0 Å². The monoisotopic (exact) mass is 236 g/mol. The lowest BCUT2D eigenvalue weighted by Gasteiger charge is -2.06. The number of nitrogens with zero attached hydrogens (tertiary/aromatic N) is 1. The van der Waals surface area contributed by atoms with Crippen LogP contribution in [0.5, 0.6) is 0 Å². The average molecular weight is 236 g/mol. The van der Waals surface area contributed by atoms with Crippen LogP contribution in [0.3, 0.4) is 0 Å². The van der Waals surface area contributed by atoms with Gasteiger partial charge >= 0.3 is 0 Å². The minimum atomic E-state index is 0.780. The van der Waals surface area contributed by atoms with Crippen molar-refractivity contribution in [2.75, 3.05) is 0 Å². The van der Waals surface area contributed by atoms with Gasteiger partial charge in [-0.1, -0.05) is 23.8 Å². The molecule has 0 amide bonds. The molecule has 0 N–H and O–H groups in total. The molecule has 0 saturated heterocycles. The standard InChI is InChI=1S/C16H14NO/c1-11-7-8-16-13(9-11)14(10-18)12-5-3-4-6-15(12)17(16)2/h3-10H,1-2H3/q+1. The quantitative estimate of drug-likeness (QED) is 0.361. The fourth-order valence-corrected chi connectivity index (χ4v) is 2.55.